The molecule has 4 nitrogen and oxygen atoms in total. The summed E-state index contributed by atoms with van der Waals surface area (Å²) in [4.78, 5) is 14.1. The molecular weight excluding hydrogens is 238 g/mol. The highest BCUT2D eigenvalue weighted by Gasteiger charge is 2.45. The number of fused-ring (bicyclic) bond motifs is 1. The number of hydrogen-bond donors (Lipinski definition) is 2. The molecule has 3 rings (SSSR count). The van der Waals surface area contributed by atoms with E-state index in [0.717, 1.165) is 25.8 Å². The molecule has 1 heterocycles. The molecule has 102 valence electrons. The van der Waals surface area contributed by atoms with Gasteiger partial charge in [0.05, 0.1) is 5.54 Å². The summed E-state index contributed by atoms with van der Waals surface area (Å²) in [5.41, 5.74) is 8.01. The number of nitrogens with one attached hydrogen (secondary N) is 1. The maximum Gasteiger partial charge on any atom is 0.240 e. The molecule has 0 saturated heterocycles. The first kappa shape index (κ1) is 12.5. The maximum absolute atomic E-state index is 11.8. The van der Waals surface area contributed by atoms with Crippen molar-refractivity contribution in [2.75, 3.05) is 18.0 Å². The van der Waals surface area contributed by atoms with E-state index in [1.54, 1.807) is 0 Å². The first-order valence-electron chi connectivity index (χ1n) is 7.02. The number of rotatable bonds is 4. The van der Waals surface area contributed by atoms with Crippen molar-refractivity contribution in [3.05, 3.63) is 29.8 Å². The minimum atomic E-state index is -0.561. The molecule has 1 aromatic rings. The molecule has 1 fully saturated rings. The summed E-state index contributed by atoms with van der Waals surface area (Å²) in [6.07, 6.45) is 2.73. The van der Waals surface area contributed by atoms with E-state index in [-0.39, 0.29) is 5.91 Å². The van der Waals surface area contributed by atoms with Crippen molar-refractivity contribution in [2.45, 2.75) is 37.8 Å². The monoisotopic (exact) mass is 259 g/mol. The van der Waals surface area contributed by atoms with Crippen LogP contribution in [0.25, 0.3) is 0 Å². The fraction of sp³-hybridized carbons (Fsp3) is 0.533. The van der Waals surface area contributed by atoms with E-state index in [2.05, 4.69) is 41.4 Å². The van der Waals surface area contributed by atoms with E-state index in [1.165, 1.54) is 11.3 Å². The second-order valence-corrected chi connectivity index (χ2v) is 5.79. The summed E-state index contributed by atoms with van der Waals surface area (Å²) in [6.45, 7) is 3.74. The van der Waals surface area contributed by atoms with Gasteiger partial charge in [-0.05, 0) is 37.8 Å². The van der Waals surface area contributed by atoms with Crippen molar-refractivity contribution in [3.63, 3.8) is 0 Å². The number of nitrogens with two attached hydrogens (primary N) is 1. The molecule has 1 aromatic carbocycles. The van der Waals surface area contributed by atoms with Gasteiger partial charge in [0, 0.05) is 24.8 Å². The van der Waals surface area contributed by atoms with Crippen molar-refractivity contribution in [1.82, 2.24) is 5.32 Å². The number of carbonyl (C=O) groups excluding carboxylic acids is 1. The van der Waals surface area contributed by atoms with E-state index in [0.29, 0.717) is 12.6 Å². The molecule has 1 atom stereocenters. The zero-order chi connectivity index (χ0) is 13.5. The van der Waals surface area contributed by atoms with E-state index in [4.69, 9.17) is 5.73 Å². The molecule has 1 aliphatic heterocycles. The van der Waals surface area contributed by atoms with Crippen LogP contribution < -0.4 is 16.0 Å². The van der Waals surface area contributed by atoms with Crippen LogP contribution in [0, 0.1) is 0 Å². The van der Waals surface area contributed by atoms with Crippen LogP contribution in [0.15, 0.2) is 24.3 Å². The first-order chi connectivity index (χ1) is 9.10. The molecular formula is C15H21N3O. The van der Waals surface area contributed by atoms with Crippen molar-refractivity contribution < 1.29 is 4.79 Å². The summed E-state index contributed by atoms with van der Waals surface area (Å²) in [6, 6.07) is 9.00. The number of hydrogen-bond acceptors (Lipinski definition) is 3. The molecule has 1 unspecified atom stereocenters. The van der Waals surface area contributed by atoms with E-state index < -0.39 is 5.54 Å². The third kappa shape index (κ3) is 2.32. The van der Waals surface area contributed by atoms with Crippen LogP contribution in [0.2, 0.25) is 0 Å². The van der Waals surface area contributed by atoms with Crippen LogP contribution in [-0.4, -0.2) is 30.6 Å². The second-order valence-electron chi connectivity index (χ2n) is 5.79. The van der Waals surface area contributed by atoms with Crippen LogP contribution in [0.1, 0.15) is 25.3 Å². The molecule has 4 heteroatoms. The van der Waals surface area contributed by atoms with Gasteiger partial charge < -0.3 is 16.0 Å². The summed E-state index contributed by atoms with van der Waals surface area (Å²) >= 11 is 0. The minimum absolute atomic E-state index is 0.00707. The predicted octanol–water partition coefficient (Wildman–Crippen LogP) is 1.05. The Morgan fingerprint density at radius 3 is 2.95 bits per heavy atom. The normalized spacial score (nSPS) is 23.1. The van der Waals surface area contributed by atoms with Gasteiger partial charge in [-0.2, -0.15) is 0 Å². The Hall–Kier alpha value is -1.55. The van der Waals surface area contributed by atoms with Crippen molar-refractivity contribution in [1.29, 1.82) is 0 Å². The van der Waals surface area contributed by atoms with Crippen molar-refractivity contribution >= 4 is 11.6 Å². The van der Waals surface area contributed by atoms with Gasteiger partial charge in [-0.1, -0.05) is 18.2 Å². The lowest BCUT2D eigenvalue weighted by Gasteiger charge is -2.25. The number of para-hydroxylation sites is 1. The van der Waals surface area contributed by atoms with Gasteiger partial charge in [0.15, 0.2) is 0 Å². The molecule has 1 amide bonds. The van der Waals surface area contributed by atoms with Crippen molar-refractivity contribution in [3.8, 4) is 0 Å². The Kier molecular flexibility index (Phi) is 2.97. The molecule has 2 aliphatic rings. The zero-order valence-corrected chi connectivity index (χ0v) is 11.4. The number of amides is 1. The third-order valence-corrected chi connectivity index (χ3v) is 4.23. The Bertz CT molecular complexity index is 496. The topological polar surface area (TPSA) is 58.4 Å². The average Bonchev–Trinajstić information content (AvgIpc) is 3.07. The highest BCUT2D eigenvalue weighted by atomic mass is 16.2. The molecule has 1 saturated carbocycles. The van der Waals surface area contributed by atoms with Gasteiger partial charge in [0.2, 0.25) is 5.91 Å². The maximum atomic E-state index is 11.8. The van der Waals surface area contributed by atoms with Gasteiger partial charge in [-0.25, -0.2) is 0 Å². The van der Waals surface area contributed by atoms with Gasteiger partial charge in [0.1, 0.15) is 0 Å². The van der Waals surface area contributed by atoms with Crippen LogP contribution in [0.5, 0.6) is 0 Å². The summed E-state index contributed by atoms with van der Waals surface area (Å²) in [5, 5.41) is 2.96. The number of carbonyl (C=O) groups is 1. The summed E-state index contributed by atoms with van der Waals surface area (Å²) < 4.78 is 0. The molecule has 0 spiro atoms. The van der Waals surface area contributed by atoms with Crippen LogP contribution in [-0.2, 0) is 11.2 Å². The second kappa shape index (κ2) is 4.53. The Morgan fingerprint density at radius 2 is 2.21 bits per heavy atom. The van der Waals surface area contributed by atoms with Crippen LogP contribution in [0.4, 0.5) is 5.69 Å². The van der Waals surface area contributed by atoms with Crippen LogP contribution in [0.3, 0.4) is 0 Å². The predicted molar refractivity (Wildman–Crippen MR) is 76.1 cm³/mol. The van der Waals surface area contributed by atoms with E-state index >= 15 is 0 Å². The Balaban J connectivity index is 1.57. The molecule has 19 heavy (non-hydrogen) atoms. The number of nitrogens with zero attached hydrogens (tertiary/aromatic N) is 1. The SMILES string of the molecule is CC1Cc2ccccc2N1CCNC(=O)C1(N)CC1. The highest BCUT2D eigenvalue weighted by Crippen LogP contribution is 2.32. The summed E-state index contributed by atoms with van der Waals surface area (Å²) in [5.74, 6) is 0.00707. The lowest BCUT2D eigenvalue weighted by Crippen LogP contribution is -2.46. The van der Waals surface area contributed by atoms with Crippen molar-refractivity contribution in [2.24, 2.45) is 5.73 Å². The Labute approximate surface area is 114 Å². The molecule has 0 bridgehead atoms. The molecule has 1 aliphatic carbocycles. The molecule has 0 aromatic heterocycles. The highest BCUT2D eigenvalue weighted by molar-refractivity contribution is 5.88. The van der Waals surface area contributed by atoms with Gasteiger partial charge in [-0.3, -0.25) is 4.79 Å². The quantitative estimate of drug-likeness (QED) is 0.849. The van der Waals surface area contributed by atoms with Gasteiger partial charge >= 0.3 is 0 Å². The van der Waals surface area contributed by atoms with Crippen LogP contribution >= 0.6 is 0 Å². The fourth-order valence-electron chi connectivity index (χ4n) is 2.80. The smallest absolute Gasteiger partial charge is 0.240 e. The zero-order valence-electron chi connectivity index (χ0n) is 11.4. The van der Waals surface area contributed by atoms with Gasteiger partial charge in [0.25, 0.3) is 0 Å². The minimum Gasteiger partial charge on any atom is -0.367 e. The van der Waals surface area contributed by atoms with Gasteiger partial charge in [-0.15, -0.1) is 0 Å². The van der Waals surface area contributed by atoms with E-state index in [9.17, 15) is 4.79 Å². The lowest BCUT2D eigenvalue weighted by molar-refractivity contribution is -0.123. The number of anilines is 1. The lowest BCUT2D eigenvalue weighted by atomic mass is 10.1. The third-order valence-electron chi connectivity index (χ3n) is 4.23. The first-order valence-corrected chi connectivity index (χ1v) is 7.02. The fourth-order valence-corrected chi connectivity index (χ4v) is 2.80. The Morgan fingerprint density at radius 1 is 1.47 bits per heavy atom. The summed E-state index contributed by atoms with van der Waals surface area (Å²) in [7, 11) is 0. The number of benzene rings is 1. The largest absolute Gasteiger partial charge is 0.367 e. The molecule has 0 radical (unpaired) electrons. The van der Waals surface area contributed by atoms with E-state index in [1.807, 2.05) is 0 Å². The molecule has 3 N–H and O–H groups in total. The average molecular weight is 259 g/mol. The standard InChI is InChI=1S/C15H21N3O/c1-11-10-12-4-2-3-5-13(12)18(11)9-8-17-14(19)15(16)6-7-15/h2-5,11H,6-10,16H2,1H3,(H,17,19).